The average molecular weight is 409 g/mol. The van der Waals surface area contributed by atoms with Gasteiger partial charge in [-0.3, -0.25) is 0 Å². The van der Waals surface area contributed by atoms with Crippen LogP contribution in [-0.4, -0.2) is 33.4 Å². The highest BCUT2D eigenvalue weighted by Gasteiger charge is 2.53. The summed E-state index contributed by atoms with van der Waals surface area (Å²) in [5, 5.41) is 2.52. The first-order valence-electron chi connectivity index (χ1n) is 10.6. The molecule has 1 spiro atoms. The summed E-state index contributed by atoms with van der Waals surface area (Å²) in [5.74, 6) is -0.503. The summed E-state index contributed by atoms with van der Waals surface area (Å²) in [6.07, 6.45) is 2.39. The van der Waals surface area contributed by atoms with Crippen LogP contribution >= 0.6 is 0 Å². The first-order chi connectivity index (χ1) is 13.9. The summed E-state index contributed by atoms with van der Waals surface area (Å²) in [6.45, 7) is 12.6. The van der Waals surface area contributed by atoms with Crippen LogP contribution in [0.5, 0.6) is 0 Å². The maximum atomic E-state index is 7.29. The molecule has 1 unspecified atom stereocenters. The summed E-state index contributed by atoms with van der Waals surface area (Å²) in [4.78, 5) is 0. The van der Waals surface area contributed by atoms with Gasteiger partial charge in [0.25, 0.3) is 8.32 Å². The van der Waals surface area contributed by atoms with E-state index in [1.54, 1.807) is 0 Å². The van der Waals surface area contributed by atoms with Crippen LogP contribution in [0.4, 0.5) is 0 Å². The smallest absolute Gasteiger partial charge is 0.261 e. The standard InChI is InChI=1S/C25H32O3Si/c1-20-15-16-25(26-17-18-27-25)19-23(20)28-29(24(2,3)4,21-11-7-5-8-12-21)22-13-9-6-10-14-22/h5-14,23H,1,15-19H2,2-4H3. The minimum absolute atomic E-state index is 0.0576. The minimum Gasteiger partial charge on any atom is -0.401 e. The van der Waals surface area contributed by atoms with Crippen molar-refractivity contribution in [1.29, 1.82) is 0 Å². The molecule has 1 aliphatic carbocycles. The molecule has 1 atom stereocenters. The first-order valence-corrected chi connectivity index (χ1v) is 12.5. The molecule has 154 valence electrons. The van der Waals surface area contributed by atoms with Crippen LogP contribution in [0.2, 0.25) is 5.04 Å². The van der Waals surface area contributed by atoms with Gasteiger partial charge in [0.05, 0.1) is 19.3 Å². The predicted molar refractivity (Wildman–Crippen MR) is 120 cm³/mol. The third-order valence-electron chi connectivity index (χ3n) is 6.33. The molecule has 2 aromatic carbocycles. The predicted octanol–water partition coefficient (Wildman–Crippen LogP) is 4.41. The van der Waals surface area contributed by atoms with Crippen molar-refractivity contribution in [2.45, 2.75) is 57.0 Å². The van der Waals surface area contributed by atoms with Crippen LogP contribution < -0.4 is 10.4 Å². The molecule has 1 saturated carbocycles. The lowest BCUT2D eigenvalue weighted by molar-refractivity contribution is -0.185. The summed E-state index contributed by atoms with van der Waals surface area (Å²) in [5.41, 5.74) is 1.16. The van der Waals surface area contributed by atoms with Gasteiger partial charge in [-0.05, 0) is 27.4 Å². The van der Waals surface area contributed by atoms with E-state index in [1.165, 1.54) is 10.4 Å². The van der Waals surface area contributed by atoms with E-state index in [0.717, 1.165) is 24.8 Å². The van der Waals surface area contributed by atoms with Gasteiger partial charge in [-0.25, -0.2) is 0 Å². The van der Waals surface area contributed by atoms with Gasteiger partial charge in [0.15, 0.2) is 5.79 Å². The van der Waals surface area contributed by atoms with Crippen molar-refractivity contribution in [2.24, 2.45) is 0 Å². The Morgan fingerprint density at radius 2 is 1.45 bits per heavy atom. The molecule has 4 rings (SSSR count). The first kappa shape index (κ1) is 20.5. The Labute approximate surface area is 175 Å². The lowest BCUT2D eigenvalue weighted by atomic mass is 9.88. The monoisotopic (exact) mass is 408 g/mol. The molecule has 0 aromatic heterocycles. The van der Waals surface area contributed by atoms with Gasteiger partial charge in [-0.2, -0.15) is 0 Å². The molecule has 2 aromatic rings. The molecule has 2 aliphatic rings. The van der Waals surface area contributed by atoms with Gasteiger partial charge in [0.1, 0.15) is 0 Å². The minimum atomic E-state index is -2.62. The maximum absolute atomic E-state index is 7.29. The van der Waals surface area contributed by atoms with Gasteiger partial charge in [0.2, 0.25) is 0 Å². The van der Waals surface area contributed by atoms with E-state index in [1.807, 2.05) is 0 Å². The van der Waals surface area contributed by atoms with Gasteiger partial charge in [0, 0.05) is 12.8 Å². The van der Waals surface area contributed by atoms with Crippen LogP contribution in [0.15, 0.2) is 72.8 Å². The van der Waals surface area contributed by atoms with E-state index in [4.69, 9.17) is 13.9 Å². The molecular formula is C25H32O3Si. The van der Waals surface area contributed by atoms with Crippen LogP contribution in [0.1, 0.15) is 40.0 Å². The maximum Gasteiger partial charge on any atom is 0.261 e. The molecule has 0 N–H and O–H groups in total. The topological polar surface area (TPSA) is 27.7 Å². The van der Waals surface area contributed by atoms with Crippen LogP contribution in [-0.2, 0) is 13.9 Å². The lowest BCUT2D eigenvalue weighted by Crippen LogP contribution is -2.68. The number of hydrogen-bond acceptors (Lipinski definition) is 3. The van der Waals surface area contributed by atoms with Crippen molar-refractivity contribution in [3.63, 3.8) is 0 Å². The molecular weight excluding hydrogens is 376 g/mol. The second-order valence-electron chi connectivity index (χ2n) is 9.24. The van der Waals surface area contributed by atoms with Gasteiger partial charge in [-0.1, -0.05) is 88.0 Å². The summed E-state index contributed by atoms with van der Waals surface area (Å²) in [7, 11) is -2.62. The highest BCUT2D eigenvalue weighted by molar-refractivity contribution is 6.99. The Morgan fingerprint density at radius 1 is 0.931 bits per heavy atom. The number of rotatable bonds is 4. The van der Waals surface area contributed by atoms with Crippen LogP contribution in [0.25, 0.3) is 0 Å². The Morgan fingerprint density at radius 3 is 1.93 bits per heavy atom. The van der Waals surface area contributed by atoms with Crippen LogP contribution in [0.3, 0.4) is 0 Å². The summed E-state index contributed by atoms with van der Waals surface area (Å²) in [6, 6.07) is 21.6. The summed E-state index contributed by atoms with van der Waals surface area (Å²) >= 11 is 0. The normalized spacial score (nSPS) is 22.2. The fourth-order valence-corrected chi connectivity index (χ4v) is 9.52. The third kappa shape index (κ3) is 3.75. The summed E-state index contributed by atoms with van der Waals surface area (Å²) < 4.78 is 19.4. The molecule has 2 fully saturated rings. The largest absolute Gasteiger partial charge is 0.401 e. The van der Waals surface area contributed by atoms with E-state index >= 15 is 0 Å². The molecule has 1 saturated heterocycles. The molecule has 29 heavy (non-hydrogen) atoms. The third-order valence-corrected chi connectivity index (χ3v) is 11.4. The molecule has 3 nitrogen and oxygen atoms in total. The van der Waals surface area contributed by atoms with Crippen LogP contribution in [0, 0.1) is 0 Å². The molecule has 4 heteroatoms. The Hall–Kier alpha value is -1.72. The quantitative estimate of drug-likeness (QED) is 0.554. The lowest BCUT2D eigenvalue weighted by Gasteiger charge is -2.48. The van der Waals surface area contributed by atoms with E-state index in [9.17, 15) is 0 Å². The van der Waals surface area contributed by atoms with Crippen molar-refractivity contribution < 1.29 is 13.9 Å². The molecule has 0 radical (unpaired) electrons. The fraction of sp³-hybridized carbons (Fsp3) is 0.440. The second kappa shape index (κ2) is 7.84. The van der Waals surface area contributed by atoms with Gasteiger partial charge >= 0.3 is 0 Å². The Bertz CT molecular complexity index is 796. The van der Waals surface area contributed by atoms with Crippen molar-refractivity contribution in [3.05, 3.63) is 72.8 Å². The highest BCUT2D eigenvalue weighted by atomic mass is 28.4. The van der Waals surface area contributed by atoms with Gasteiger partial charge < -0.3 is 13.9 Å². The van der Waals surface area contributed by atoms with Crippen molar-refractivity contribution in [3.8, 4) is 0 Å². The molecule has 1 aliphatic heterocycles. The van der Waals surface area contributed by atoms with Crippen molar-refractivity contribution >= 4 is 18.7 Å². The number of benzene rings is 2. The van der Waals surface area contributed by atoms with Crippen molar-refractivity contribution in [2.75, 3.05) is 13.2 Å². The zero-order chi connectivity index (χ0) is 20.5. The number of ether oxygens (including phenoxy) is 2. The van der Waals surface area contributed by atoms with E-state index in [0.29, 0.717) is 13.2 Å². The van der Waals surface area contributed by atoms with Gasteiger partial charge in [-0.15, -0.1) is 0 Å². The highest BCUT2D eigenvalue weighted by Crippen LogP contribution is 2.43. The zero-order valence-corrected chi connectivity index (χ0v) is 18.8. The fourth-order valence-electron chi connectivity index (χ4n) is 4.83. The van der Waals surface area contributed by atoms with E-state index in [-0.39, 0.29) is 11.1 Å². The second-order valence-corrected chi connectivity index (χ2v) is 13.5. The van der Waals surface area contributed by atoms with E-state index in [2.05, 4.69) is 88.0 Å². The van der Waals surface area contributed by atoms with Crippen molar-refractivity contribution in [1.82, 2.24) is 0 Å². The Kier molecular flexibility index (Phi) is 5.55. The molecule has 0 bridgehead atoms. The zero-order valence-electron chi connectivity index (χ0n) is 17.8. The number of hydrogen-bond donors (Lipinski definition) is 0. The molecule has 1 heterocycles. The molecule has 0 amide bonds. The van der Waals surface area contributed by atoms with E-state index < -0.39 is 14.1 Å². The SMILES string of the molecule is C=C1CCC2(CC1O[Si](c1ccccc1)(c1ccccc1)C(C)(C)C)OCCO2. The average Bonchev–Trinajstić information content (AvgIpc) is 3.17. The Balaban J connectivity index is 1.81.